The molecule has 0 N–H and O–H groups in total. The Labute approximate surface area is 171 Å². The van der Waals surface area contributed by atoms with Gasteiger partial charge in [-0.15, -0.1) is 0 Å². The number of ketones is 1. The molecule has 1 spiro atoms. The Hall–Kier alpha value is -2.38. The zero-order chi connectivity index (χ0) is 20.8. The predicted octanol–water partition coefficient (Wildman–Crippen LogP) is 3.50. The largest absolute Gasteiger partial charge is 0.497 e. The third kappa shape index (κ3) is 3.53. The van der Waals surface area contributed by atoms with Crippen molar-refractivity contribution in [1.29, 1.82) is 0 Å². The van der Waals surface area contributed by atoms with Crippen molar-refractivity contribution in [3.8, 4) is 11.5 Å². The molecule has 0 aromatic heterocycles. The molecule has 6 nitrogen and oxygen atoms in total. The van der Waals surface area contributed by atoms with Gasteiger partial charge in [-0.3, -0.25) is 4.79 Å². The molecule has 0 atom stereocenters. The third-order valence-corrected chi connectivity index (χ3v) is 7.76. The Bertz CT molecular complexity index is 1050. The maximum Gasteiger partial charge on any atom is 0.243 e. The molecule has 0 radical (unpaired) electrons. The van der Waals surface area contributed by atoms with Crippen LogP contribution < -0.4 is 9.47 Å². The average molecular weight is 416 g/mol. The first-order valence-electron chi connectivity index (χ1n) is 9.72. The third-order valence-electron chi connectivity index (χ3n) is 5.85. The van der Waals surface area contributed by atoms with E-state index in [0.717, 1.165) is 11.1 Å². The summed E-state index contributed by atoms with van der Waals surface area (Å²) in [4.78, 5) is 13.0. The van der Waals surface area contributed by atoms with Crippen molar-refractivity contribution in [2.24, 2.45) is 0 Å². The van der Waals surface area contributed by atoms with Crippen LogP contribution in [0, 0.1) is 13.8 Å². The number of carbonyl (C=O) groups is 1. The molecule has 2 aromatic rings. The van der Waals surface area contributed by atoms with E-state index < -0.39 is 15.6 Å². The van der Waals surface area contributed by atoms with Crippen LogP contribution in [0.5, 0.6) is 11.5 Å². The van der Waals surface area contributed by atoms with Crippen LogP contribution in [-0.4, -0.2) is 44.3 Å². The number of aryl methyl sites for hydroxylation is 2. The number of rotatable bonds is 3. The number of fused-ring (bicyclic) bond motifs is 1. The summed E-state index contributed by atoms with van der Waals surface area (Å²) in [6.07, 6.45) is 1.26. The number of methoxy groups -OCH3 is 1. The number of nitrogens with zero attached hydrogens (tertiary/aromatic N) is 1. The summed E-state index contributed by atoms with van der Waals surface area (Å²) in [5, 5.41) is 0. The first kappa shape index (κ1) is 19.9. The van der Waals surface area contributed by atoms with E-state index in [1.165, 1.54) is 4.31 Å². The molecule has 7 heteroatoms. The van der Waals surface area contributed by atoms with E-state index >= 15 is 0 Å². The molecule has 0 amide bonds. The molecule has 0 aliphatic carbocycles. The Balaban J connectivity index is 1.54. The number of ether oxygens (including phenoxy) is 2. The normalized spacial score (nSPS) is 18.9. The molecule has 1 saturated heterocycles. The maximum absolute atomic E-state index is 13.0. The minimum absolute atomic E-state index is 0.0736. The molecular weight excluding hydrogens is 390 g/mol. The fourth-order valence-electron chi connectivity index (χ4n) is 4.25. The monoisotopic (exact) mass is 415 g/mol. The maximum atomic E-state index is 13.0. The summed E-state index contributed by atoms with van der Waals surface area (Å²) < 4.78 is 38.9. The highest BCUT2D eigenvalue weighted by Gasteiger charge is 2.45. The van der Waals surface area contributed by atoms with E-state index in [0.29, 0.717) is 49.4 Å². The minimum Gasteiger partial charge on any atom is -0.497 e. The highest BCUT2D eigenvalue weighted by molar-refractivity contribution is 7.89. The lowest BCUT2D eigenvalue weighted by molar-refractivity contribution is 0.00534. The zero-order valence-corrected chi connectivity index (χ0v) is 17.7. The van der Waals surface area contributed by atoms with Crippen LogP contribution in [0.4, 0.5) is 0 Å². The Morgan fingerprint density at radius 1 is 1.07 bits per heavy atom. The van der Waals surface area contributed by atoms with Gasteiger partial charge in [-0.2, -0.15) is 4.31 Å². The zero-order valence-electron chi connectivity index (χ0n) is 16.9. The molecule has 0 saturated carbocycles. The first-order chi connectivity index (χ1) is 13.7. The minimum atomic E-state index is -3.59. The van der Waals surface area contributed by atoms with Crippen molar-refractivity contribution in [3.05, 3.63) is 53.1 Å². The number of sulfonamides is 1. The molecular formula is C22H25NO5S. The summed E-state index contributed by atoms with van der Waals surface area (Å²) in [6, 6.07) is 10.3. The number of Topliss-reactive ketones (excluding diaryl/α,β-unsaturated/α-hetero) is 1. The standard InChI is InChI=1S/C22H25NO5S/c1-15-12-16(2)21-19(13-15)20(24)14-22(28-21)8-10-23(11-9-22)29(25,26)18-6-4-17(27-3)5-7-18/h4-7,12-13H,8-11,14H2,1-3H3. The van der Waals surface area contributed by atoms with Crippen LogP contribution >= 0.6 is 0 Å². The van der Waals surface area contributed by atoms with Gasteiger partial charge in [0.1, 0.15) is 17.1 Å². The van der Waals surface area contributed by atoms with Gasteiger partial charge in [0.25, 0.3) is 0 Å². The molecule has 2 aliphatic rings. The van der Waals surface area contributed by atoms with Gasteiger partial charge in [0.05, 0.1) is 24.0 Å². The van der Waals surface area contributed by atoms with Crippen LogP contribution in [0.15, 0.2) is 41.3 Å². The molecule has 29 heavy (non-hydrogen) atoms. The van der Waals surface area contributed by atoms with E-state index in [1.807, 2.05) is 26.0 Å². The fraction of sp³-hybridized carbons (Fsp3) is 0.409. The number of benzene rings is 2. The molecule has 0 bridgehead atoms. The highest BCUT2D eigenvalue weighted by Crippen LogP contribution is 2.42. The topological polar surface area (TPSA) is 72.9 Å². The summed E-state index contributed by atoms with van der Waals surface area (Å²) >= 11 is 0. The average Bonchev–Trinajstić information content (AvgIpc) is 2.69. The van der Waals surface area contributed by atoms with E-state index in [2.05, 4.69) is 0 Å². The lowest BCUT2D eigenvalue weighted by Crippen LogP contribution is -2.52. The van der Waals surface area contributed by atoms with Gasteiger partial charge in [-0.25, -0.2) is 8.42 Å². The van der Waals surface area contributed by atoms with E-state index in [1.54, 1.807) is 31.4 Å². The lowest BCUT2D eigenvalue weighted by atomic mass is 9.82. The summed E-state index contributed by atoms with van der Waals surface area (Å²) in [7, 11) is -2.05. The van der Waals surface area contributed by atoms with Crippen LogP contribution in [0.2, 0.25) is 0 Å². The van der Waals surface area contributed by atoms with Crippen LogP contribution in [-0.2, 0) is 10.0 Å². The summed E-state index contributed by atoms with van der Waals surface area (Å²) in [6.45, 7) is 4.55. The van der Waals surface area contributed by atoms with Crippen LogP contribution in [0.1, 0.15) is 40.7 Å². The van der Waals surface area contributed by atoms with Crippen LogP contribution in [0.25, 0.3) is 0 Å². The van der Waals surface area contributed by atoms with Crippen molar-refractivity contribution in [2.45, 2.75) is 43.6 Å². The van der Waals surface area contributed by atoms with Crippen molar-refractivity contribution in [1.82, 2.24) is 4.31 Å². The van der Waals surface area contributed by atoms with Gasteiger partial charge >= 0.3 is 0 Å². The molecule has 1 fully saturated rings. The second-order valence-electron chi connectivity index (χ2n) is 7.92. The molecule has 2 aliphatic heterocycles. The van der Waals surface area contributed by atoms with E-state index in [-0.39, 0.29) is 10.7 Å². The van der Waals surface area contributed by atoms with Crippen LogP contribution in [0.3, 0.4) is 0 Å². The Kier molecular flexibility index (Phi) is 4.91. The summed E-state index contributed by atoms with van der Waals surface area (Å²) in [5.74, 6) is 1.34. The second kappa shape index (κ2) is 7.15. The SMILES string of the molecule is COc1ccc(S(=O)(=O)N2CCC3(CC2)CC(=O)c2cc(C)cc(C)c2O3)cc1. The van der Waals surface area contributed by atoms with Gasteiger partial charge in [0.2, 0.25) is 10.0 Å². The molecule has 2 heterocycles. The van der Waals surface area contributed by atoms with Crippen molar-refractivity contribution in [3.63, 3.8) is 0 Å². The number of carbonyl (C=O) groups excluding carboxylic acids is 1. The van der Waals surface area contributed by atoms with Crippen molar-refractivity contribution >= 4 is 15.8 Å². The van der Waals surface area contributed by atoms with Gasteiger partial charge in [0.15, 0.2) is 5.78 Å². The summed E-state index contributed by atoms with van der Waals surface area (Å²) in [5.41, 5.74) is 1.99. The molecule has 0 unspecified atom stereocenters. The molecule has 4 rings (SSSR count). The predicted molar refractivity (Wildman–Crippen MR) is 109 cm³/mol. The van der Waals surface area contributed by atoms with E-state index in [9.17, 15) is 13.2 Å². The molecule has 2 aromatic carbocycles. The Morgan fingerprint density at radius 2 is 1.72 bits per heavy atom. The highest BCUT2D eigenvalue weighted by atomic mass is 32.2. The van der Waals surface area contributed by atoms with Gasteiger partial charge in [0, 0.05) is 25.9 Å². The quantitative estimate of drug-likeness (QED) is 0.767. The van der Waals surface area contributed by atoms with Crippen molar-refractivity contribution < 1.29 is 22.7 Å². The number of hydrogen-bond acceptors (Lipinski definition) is 5. The van der Waals surface area contributed by atoms with E-state index in [4.69, 9.17) is 9.47 Å². The van der Waals surface area contributed by atoms with Gasteiger partial charge in [-0.05, 0) is 55.3 Å². The number of hydrogen-bond donors (Lipinski definition) is 0. The smallest absolute Gasteiger partial charge is 0.243 e. The number of piperidine rings is 1. The first-order valence-corrected chi connectivity index (χ1v) is 11.2. The van der Waals surface area contributed by atoms with Gasteiger partial charge < -0.3 is 9.47 Å². The lowest BCUT2D eigenvalue weighted by Gasteiger charge is -2.44. The Morgan fingerprint density at radius 3 is 2.34 bits per heavy atom. The van der Waals surface area contributed by atoms with Crippen molar-refractivity contribution in [2.75, 3.05) is 20.2 Å². The fourth-order valence-corrected chi connectivity index (χ4v) is 5.69. The second-order valence-corrected chi connectivity index (χ2v) is 9.86. The van der Waals surface area contributed by atoms with Gasteiger partial charge in [-0.1, -0.05) is 6.07 Å². The molecule has 154 valence electrons.